The van der Waals surface area contributed by atoms with Gasteiger partial charge in [0.1, 0.15) is 12.4 Å². The molecular formula is C8H10IN3O3. The average molecular weight is 323 g/mol. The van der Waals surface area contributed by atoms with Gasteiger partial charge < -0.3 is 15.2 Å². The Kier molecular flexibility index (Phi) is 4.69. The topological polar surface area (TPSA) is 81.2 Å². The largest absolute Gasteiger partial charge is 0.434 e. The number of nitrogens with zero attached hydrogens (tertiary/aromatic N) is 3. The first-order valence-corrected chi connectivity index (χ1v) is 5.48. The number of halogens is 1. The fourth-order valence-corrected chi connectivity index (χ4v) is 1.42. The fourth-order valence-electron chi connectivity index (χ4n) is 1.13. The molecule has 1 heterocycles. The molecule has 0 spiro atoms. The van der Waals surface area contributed by atoms with Crippen molar-refractivity contribution >= 4 is 28.5 Å². The zero-order valence-electron chi connectivity index (χ0n) is 7.78. The Labute approximate surface area is 99.9 Å². The van der Waals surface area contributed by atoms with Gasteiger partial charge in [-0.25, -0.2) is 4.57 Å². The van der Waals surface area contributed by atoms with Gasteiger partial charge >= 0.3 is 5.95 Å². The standard InChI is InChI=1S/C8H10IN3O3/c9-3-1-2-7(13)6-11-5-4-10-8(11)12(14)15/h1,3-5,7,13H,2,6H2/b3-1+. The van der Waals surface area contributed by atoms with E-state index in [2.05, 4.69) is 4.98 Å². The molecule has 1 aromatic heterocycles. The van der Waals surface area contributed by atoms with Gasteiger partial charge in [0.15, 0.2) is 0 Å². The smallest absolute Gasteiger partial charge is 0.390 e. The van der Waals surface area contributed by atoms with E-state index >= 15 is 0 Å². The van der Waals surface area contributed by atoms with Gasteiger partial charge in [0.2, 0.25) is 0 Å². The molecule has 1 unspecified atom stereocenters. The lowest BCUT2D eigenvalue weighted by atomic mass is 10.2. The van der Waals surface area contributed by atoms with E-state index in [1.807, 2.05) is 22.6 Å². The number of aliphatic hydroxyl groups is 1. The third kappa shape index (κ3) is 3.59. The lowest BCUT2D eigenvalue weighted by Crippen LogP contribution is -2.16. The van der Waals surface area contributed by atoms with Gasteiger partial charge in [0, 0.05) is 0 Å². The molecule has 0 saturated carbocycles. The van der Waals surface area contributed by atoms with Gasteiger partial charge in [-0.1, -0.05) is 33.7 Å². The van der Waals surface area contributed by atoms with Crippen molar-refractivity contribution in [1.29, 1.82) is 0 Å². The molecule has 0 saturated heterocycles. The summed E-state index contributed by atoms with van der Waals surface area (Å²) in [7, 11) is 0. The van der Waals surface area contributed by atoms with E-state index < -0.39 is 11.0 Å². The van der Waals surface area contributed by atoms with Gasteiger partial charge in [-0.05, 0) is 15.4 Å². The molecule has 0 aliphatic rings. The monoisotopic (exact) mass is 323 g/mol. The summed E-state index contributed by atoms with van der Waals surface area (Å²) in [6.07, 6.45) is 4.46. The summed E-state index contributed by atoms with van der Waals surface area (Å²) in [5, 5.41) is 20.0. The lowest BCUT2D eigenvalue weighted by Gasteiger charge is -2.06. The minimum absolute atomic E-state index is 0.178. The Balaban J connectivity index is 2.63. The van der Waals surface area contributed by atoms with E-state index in [0.29, 0.717) is 6.42 Å². The van der Waals surface area contributed by atoms with Crippen LogP contribution in [0.4, 0.5) is 5.95 Å². The Hall–Kier alpha value is -0.960. The van der Waals surface area contributed by atoms with E-state index in [0.717, 1.165) is 0 Å². The van der Waals surface area contributed by atoms with E-state index in [1.54, 1.807) is 10.2 Å². The van der Waals surface area contributed by atoms with Crippen molar-refractivity contribution in [3.05, 3.63) is 32.7 Å². The van der Waals surface area contributed by atoms with Crippen molar-refractivity contribution in [2.45, 2.75) is 19.1 Å². The molecule has 0 aromatic carbocycles. The summed E-state index contributed by atoms with van der Waals surface area (Å²) in [6, 6.07) is 0. The highest BCUT2D eigenvalue weighted by atomic mass is 127. The van der Waals surface area contributed by atoms with Crippen molar-refractivity contribution in [2.24, 2.45) is 0 Å². The van der Waals surface area contributed by atoms with Gasteiger partial charge in [-0.15, -0.1) is 0 Å². The maximum Gasteiger partial charge on any atom is 0.434 e. The molecule has 1 atom stereocenters. The van der Waals surface area contributed by atoms with Crippen molar-refractivity contribution < 1.29 is 10.0 Å². The highest BCUT2D eigenvalue weighted by Gasteiger charge is 2.16. The van der Waals surface area contributed by atoms with Crippen LogP contribution in [-0.4, -0.2) is 25.7 Å². The normalized spacial score (nSPS) is 13.2. The highest BCUT2D eigenvalue weighted by Crippen LogP contribution is 2.09. The number of hydrogen-bond donors (Lipinski definition) is 1. The van der Waals surface area contributed by atoms with Crippen LogP contribution in [0.3, 0.4) is 0 Å². The van der Waals surface area contributed by atoms with Crippen LogP contribution in [0.25, 0.3) is 0 Å². The van der Waals surface area contributed by atoms with Crippen LogP contribution < -0.4 is 0 Å². The van der Waals surface area contributed by atoms with Crippen LogP contribution in [0.15, 0.2) is 22.6 Å². The summed E-state index contributed by atoms with van der Waals surface area (Å²) < 4.78 is 3.12. The summed E-state index contributed by atoms with van der Waals surface area (Å²) in [5.41, 5.74) is 0. The van der Waals surface area contributed by atoms with Crippen LogP contribution >= 0.6 is 22.6 Å². The van der Waals surface area contributed by atoms with Crippen molar-refractivity contribution in [1.82, 2.24) is 9.55 Å². The van der Waals surface area contributed by atoms with Crippen LogP contribution in [0.1, 0.15) is 6.42 Å². The molecule has 7 heteroatoms. The van der Waals surface area contributed by atoms with Crippen LogP contribution in [0.2, 0.25) is 0 Å². The van der Waals surface area contributed by atoms with E-state index in [4.69, 9.17) is 0 Å². The molecule has 1 rings (SSSR count). The lowest BCUT2D eigenvalue weighted by molar-refractivity contribution is -0.397. The molecule has 0 amide bonds. The third-order valence-corrected chi connectivity index (χ3v) is 2.27. The Morgan fingerprint density at radius 2 is 2.53 bits per heavy atom. The molecule has 0 aliphatic heterocycles. The second-order valence-electron chi connectivity index (χ2n) is 2.89. The second-order valence-corrected chi connectivity index (χ2v) is 3.61. The molecule has 15 heavy (non-hydrogen) atoms. The summed E-state index contributed by atoms with van der Waals surface area (Å²) in [5.74, 6) is -0.243. The molecule has 0 bridgehead atoms. The molecule has 0 radical (unpaired) electrons. The van der Waals surface area contributed by atoms with Gasteiger partial charge in [0.05, 0.1) is 12.6 Å². The average Bonchev–Trinajstić information content (AvgIpc) is 2.62. The maximum atomic E-state index is 10.5. The quantitative estimate of drug-likeness (QED) is 0.506. The van der Waals surface area contributed by atoms with E-state index in [1.165, 1.54) is 17.0 Å². The summed E-state index contributed by atoms with van der Waals surface area (Å²) in [6.45, 7) is 0.178. The molecule has 6 nitrogen and oxygen atoms in total. The number of nitro groups is 1. The number of imidazole rings is 1. The van der Waals surface area contributed by atoms with Gasteiger partial charge in [0.25, 0.3) is 0 Å². The van der Waals surface area contributed by atoms with Crippen LogP contribution in [0.5, 0.6) is 0 Å². The first-order valence-electron chi connectivity index (χ1n) is 4.24. The predicted molar refractivity (Wildman–Crippen MR) is 62.7 cm³/mol. The predicted octanol–water partition coefficient (Wildman–Crippen LogP) is 1.49. The van der Waals surface area contributed by atoms with Crippen molar-refractivity contribution in [3.8, 4) is 0 Å². The van der Waals surface area contributed by atoms with E-state index in [-0.39, 0.29) is 12.5 Å². The summed E-state index contributed by atoms with van der Waals surface area (Å²) in [4.78, 5) is 13.5. The van der Waals surface area contributed by atoms with Gasteiger partial charge in [-0.3, -0.25) is 0 Å². The number of aliphatic hydroxyl groups excluding tert-OH is 1. The Morgan fingerprint density at radius 3 is 3.13 bits per heavy atom. The van der Waals surface area contributed by atoms with Crippen LogP contribution in [0, 0.1) is 10.1 Å². The first kappa shape index (κ1) is 12.1. The summed E-state index contributed by atoms with van der Waals surface area (Å²) >= 11 is 2.05. The van der Waals surface area contributed by atoms with Crippen molar-refractivity contribution in [2.75, 3.05) is 0 Å². The van der Waals surface area contributed by atoms with Crippen molar-refractivity contribution in [3.63, 3.8) is 0 Å². The number of rotatable bonds is 5. The SMILES string of the molecule is O=[N+]([O-])c1nccn1CC(O)C/C=C/I. The Bertz CT molecular complexity index is 364. The minimum Gasteiger partial charge on any atom is -0.390 e. The number of hydrogen-bond acceptors (Lipinski definition) is 4. The molecule has 1 aromatic rings. The molecule has 1 N–H and O–H groups in total. The molecular weight excluding hydrogens is 313 g/mol. The molecule has 0 aliphatic carbocycles. The van der Waals surface area contributed by atoms with Crippen LogP contribution in [-0.2, 0) is 6.54 Å². The zero-order valence-corrected chi connectivity index (χ0v) is 9.94. The Morgan fingerprint density at radius 1 is 1.80 bits per heavy atom. The highest BCUT2D eigenvalue weighted by molar-refractivity contribution is 14.1. The van der Waals surface area contributed by atoms with E-state index in [9.17, 15) is 15.2 Å². The third-order valence-electron chi connectivity index (χ3n) is 1.76. The van der Waals surface area contributed by atoms with Gasteiger partial charge in [-0.2, -0.15) is 0 Å². The molecule has 82 valence electrons. The number of aromatic nitrogens is 2. The molecule has 0 fully saturated rings. The zero-order chi connectivity index (χ0) is 11.3. The second kappa shape index (κ2) is 5.81. The first-order chi connectivity index (χ1) is 7.15. The maximum absolute atomic E-state index is 10.5. The minimum atomic E-state index is -0.635. The fraction of sp³-hybridized carbons (Fsp3) is 0.375.